The highest BCUT2D eigenvalue weighted by atomic mass is 19.4. The number of carbonyl (C=O) groups is 2. The number of amides is 1. The summed E-state index contributed by atoms with van der Waals surface area (Å²) >= 11 is 0. The number of halogens is 3. The summed E-state index contributed by atoms with van der Waals surface area (Å²) in [7, 11) is 0. The molecule has 3 aromatic rings. The zero-order valence-corrected chi connectivity index (χ0v) is 15.6. The van der Waals surface area contributed by atoms with Crippen molar-refractivity contribution < 1.29 is 31.9 Å². The van der Waals surface area contributed by atoms with E-state index in [2.05, 4.69) is 10.3 Å². The Kier molecular flexibility index (Phi) is 5.88. The van der Waals surface area contributed by atoms with E-state index in [-0.39, 0.29) is 22.9 Å². The molecule has 0 saturated carbocycles. The molecule has 0 spiro atoms. The zero-order chi connectivity index (χ0) is 21.9. The van der Waals surface area contributed by atoms with Crippen molar-refractivity contribution in [3.63, 3.8) is 0 Å². The van der Waals surface area contributed by atoms with E-state index >= 15 is 0 Å². The van der Waals surface area contributed by atoms with Crippen LogP contribution in [-0.2, 0) is 11.0 Å². The molecule has 1 atom stereocenters. The van der Waals surface area contributed by atoms with Gasteiger partial charge < -0.3 is 20.2 Å². The van der Waals surface area contributed by atoms with Gasteiger partial charge in [0.05, 0.1) is 0 Å². The maximum Gasteiger partial charge on any atom is 0.469 e. The van der Waals surface area contributed by atoms with E-state index in [9.17, 15) is 22.8 Å². The van der Waals surface area contributed by atoms with Gasteiger partial charge >= 0.3 is 18.0 Å². The first-order valence-corrected chi connectivity index (χ1v) is 8.67. The van der Waals surface area contributed by atoms with Crippen LogP contribution in [0.25, 0.3) is 11.3 Å². The second-order valence-corrected chi connectivity index (χ2v) is 6.25. The minimum atomic E-state index is -4.82. The van der Waals surface area contributed by atoms with Crippen LogP contribution in [0.15, 0.2) is 59.0 Å². The Balaban J connectivity index is 1.84. The van der Waals surface area contributed by atoms with Gasteiger partial charge in [0.25, 0.3) is 5.91 Å². The molecule has 0 aliphatic heterocycles. The highest BCUT2D eigenvalue weighted by Gasteiger charge is 2.39. The number of hydrogen-bond acceptors (Lipinski definition) is 6. The molecule has 0 aliphatic carbocycles. The molecule has 10 heteroatoms. The van der Waals surface area contributed by atoms with E-state index in [1.54, 1.807) is 18.2 Å². The van der Waals surface area contributed by atoms with Crippen LogP contribution in [-0.4, -0.2) is 22.9 Å². The van der Waals surface area contributed by atoms with Gasteiger partial charge in [0.2, 0.25) is 0 Å². The lowest BCUT2D eigenvalue weighted by molar-refractivity contribution is -0.156. The lowest BCUT2D eigenvalue weighted by atomic mass is 10.1. The number of hydrogen-bond donors (Lipinski definition) is 2. The third kappa shape index (κ3) is 4.84. The third-order valence-electron chi connectivity index (χ3n) is 3.84. The fourth-order valence-corrected chi connectivity index (χ4v) is 2.37. The van der Waals surface area contributed by atoms with Crippen molar-refractivity contribution >= 4 is 17.7 Å². The molecule has 0 aliphatic rings. The van der Waals surface area contributed by atoms with Crippen molar-refractivity contribution in [3.8, 4) is 17.1 Å². The summed E-state index contributed by atoms with van der Waals surface area (Å²) in [4.78, 5) is 27.4. The lowest BCUT2D eigenvalue weighted by Crippen LogP contribution is -2.30. The summed E-state index contributed by atoms with van der Waals surface area (Å²) in [5, 5.41) is 2.32. The fourth-order valence-electron chi connectivity index (χ4n) is 2.37. The molecule has 30 heavy (non-hydrogen) atoms. The minimum Gasteiger partial charge on any atom is -0.430 e. The number of carbonyl (C=O) groups excluding carboxylic acids is 2. The Hall–Kier alpha value is -3.66. The predicted molar refractivity (Wildman–Crippen MR) is 101 cm³/mol. The molecule has 3 N–H and O–H groups in total. The van der Waals surface area contributed by atoms with E-state index in [1.165, 1.54) is 43.3 Å². The highest BCUT2D eigenvalue weighted by molar-refractivity contribution is 6.05. The quantitative estimate of drug-likeness (QED) is 0.480. The number of rotatable bonds is 5. The van der Waals surface area contributed by atoms with Crippen molar-refractivity contribution in [2.75, 3.05) is 5.32 Å². The minimum absolute atomic E-state index is 0.103. The first-order valence-electron chi connectivity index (χ1n) is 8.67. The standard InChI is InChI=1S/C20H16F3N3O4/c1-11(24)18(28)29-14-9-7-13(8-10-14)17(27)25-16-15(12-5-3-2-4-6-12)30-19(26-16)20(21,22)23/h2-11H,24H2,1H3,(H,25,27). The summed E-state index contributed by atoms with van der Waals surface area (Å²) in [6.07, 6.45) is -4.82. The van der Waals surface area contributed by atoms with E-state index < -0.39 is 30.0 Å². The molecular weight excluding hydrogens is 403 g/mol. The van der Waals surface area contributed by atoms with Crippen LogP contribution >= 0.6 is 0 Å². The zero-order valence-electron chi connectivity index (χ0n) is 15.6. The Bertz CT molecular complexity index is 1050. The Morgan fingerprint density at radius 3 is 2.30 bits per heavy atom. The van der Waals surface area contributed by atoms with Crippen molar-refractivity contribution in [2.45, 2.75) is 19.1 Å². The van der Waals surface area contributed by atoms with Gasteiger partial charge in [-0.2, -0.15) is 18.2 Å². The molecule has 0 saturated heterocycles. The van der Waals surface area contributed by atoms with Crippen molar-refractivity contribution in [3.05, 3.63) is 66.1 Å². The van der Waals surface area contributed by atoms with Gasteiger partial charge in [-0.3, -0.25) is 4.79 Å². The third-order valence-corrected chi connectivity index (χ3v) is 3.84. The van der Waals surface area contributed by atoms with Gasteiger partial charge in [0, 0.05) is 11.1 Å². The molecule has 0 bridgehead atoms. The van der Waals surface area contributed by atoms with Crippen molar-refractivity contribution in [1.29, 1.82) is 0 Å². The van der Waals surface area contributed by atoms with Crippen LogP contribution in [0, 0.1) is 0 Å². The fraction of sp³-hybridized carbons (Fsp3) is 0.150. The van der Waals surface area contributed by atoms with E-state index in [0.29, 0.717) is 5.56 Å². The van der Waals surface area contributed by atoms with Crippen LogP contribution in [0.3, 0.4) is 0 Å². The molecule has 3 rings (SSSR count). The number of alkyl halides is 3. The van der Waals surface area contributed by atoms with Crippen LogP contribution < -0.4 is 15.8 Å². The average Bonchev–Trinajstić information content (AvgIpc) is 3.13. The Labute approximate surface area is 168 Å². The smallest absolute Gasteiger partial charge is 0.430 e. The summed E-state index contributed by atoms with van der Waals surface area (Å²) < 4.78 is 49.0. The largest absolute Gasteiger partial charge is 0.469 e. The van der Waals surface area contributed by atoms with Gasteiger partial charge in [-0.25, -0.2) is 4.79 Å². The molecule has 0 fully saturated rings. The maximum absolute atomic E-state index is 13.0. The van der Waals surface area contributed by atoms with Gasteiger partial charge in [-0.1, -0.05) is 30.3 Å². The van der Waals surface area contributed by atoms with Gasteiger partial charge in [-0.15, -0.1) is 0 Å². The van der Waals surface area contributed by atoms with Gasteiger partial charge in [0.1, 0.15) is 11.8 Å². The number of aromatic nitrogens is 1. The van der Waals surface area contributed by atoms with Gasteiger partial charge in [-0.05, 0) is 31.2 Å². The molecular formula is C20H16F3N3O4. The van der Waals surface area contributed by atoms with Crippen molar-refractivity contribution in [1.82, 2.24) is 4.98 Å². The van der Waals surface area contributed by atoms with Crippen LogP contribution in [0.5, 0.6) is 5.75 Å². The van der Waals surface area contributed by atoms with Crippen LogP contribution in [0.4, 0.5) is 19.0 Å². The van der Waals surface area contributed by atoms with Crippen molar-refractivity contribution in [2.24, 2.45) is 5.73 Å². The molecule has 2 aromatic carbocycles. The maximum atomic E-state index is 13.0. The molecule has 1 heterocycles. The molecule has 156 valence electrons. The van der Waals surface area contributed by atoms with Gasteiger partial charge in [0.15, 0.2) is 11.6 Å². The van der Waals surface area contributed by atoms with E-state index in [1.807, 2.05) is 0 Å². The number of nitrogens with two attached hydrogens (primary N) is 1. The highest BCUT2D eigenvalue weighted by Crippen LogP contribution is 2.36. The summed E-state index contributed by atoms with van der Waals surface area (Å²) in [5.41, 5.74) is 5.82. The monoisotopic (exact) mass is 419 g/mol. The number of esters is 1. The summed E-state index contributed by atoms with van der Waals surface area (Å²) in [5.74, 6) is -3.28. The van der Waals surface area contributed by atoms with Crippen LogP contribution in [0.2, 0.25) is 0 Å². The normalized spacial score (nSPS) is 12.3. The molecule has 1 unspecified atom stereocenters. The number of nitrogens with zero attached hydrogens (tertiary/aromatic N) is 1. The second kappa shape index (κ2) is 8.37. The van der Waals surface area contributed by atoms with E-state index in [4.69, 9.17) is 14.9 Å². The summed E-state index contributed by atoms with van der Waals surface area (Å²) in [6, 6.07) is 12.5. The first-order chi connectivity index (χ1) is 14.1. The van der Waals surface area contributed by atoms with E-state index in [0.717, 1.165) is 0 Å². The summed E-state index contributed by atoms with van der Waals surface area (Å²) in [6.45, 7) is 1.46. The number of anilines is 1. The number of nitrogens with one attached hydrogen (secondary N) is 1. The lowest BCUT2D eigenvalue weighted by Gasteiger charge is -2.08. The molecule has 0 radical (unpaired) electrons. The predicted octanol–water partition coefficient (Wildman–Crippen LogP) is 3.87. The Morgan fingerprint density at radius 1 is 1.10 bits per heavy atom. The number of benzene rings is 2. The topological polar surface area (TPSA) is 107 Å². The number of ether oxygens (including phenoxy) is 1. The number of oxazole rings is 1. The molecule has 1 amide bonds. The van der Waals surface area contributed by atoms with Crippen LogP contribution in [0.1, 0.15) is 23.2 Å². The second-order valence-electron chi connectivity index (χ2n) is 6.25. The SMILES string of the molecule is CC(N)C(=O)Oc1ccc(C(=O)Nc2nc(C(F)(F)F)oc2-c2ccccc2)cc1. The average molecular weight is 419 g/mol. The molecule has 1 aromatic heterocycles. The molecule has 7 nitrogen and oxygen atoms in total. The Morgan fingerprint density at radius 2 is 1.73 bits per heavy atom. The first kappa shape index (κ1) is 21.1.